The monoisotopic (exact) mass is 431 g/mol. The summed E-state index contributed by atoms with van der Waals surface area (Å²) in [6.07, 6.45) is 5.81. The molecule has 2 fully saturated rings. The number of rotatable bonds is 6. The van der Waals surface area contributed by atoms with Gasteiger partial charge < -0.3 is 15.8 Å². The highest BCUT2D eigenvalue weighted by Gasteiger charge is 2.39. The van der Waals surface area contributed by atoms with E-state index in [0.717, 1.165) is 44.7 Å². The molecular weight excluding hydrogens is 397 g/mol. The van der Waals surface area contributed by atoms with E-state index in [2.05, 4.69) is 10.2 Å². The lowest BCUT2D eigenvalue weighted by Crippen LogP contribution is -2.60. The van der Waals surface area contributed by atoms with Gasteiger partial charge in [-0.2, -0.15) is 0 Å². The Hall–Kier alpha value is -0.850. The molecule has 2 aliphatic heterocycles. The molecule has 0 spiro atoms. The standard InChI is InChI=1S/C21H33N3O2.2ClH/c1-17(19(22)18-8-4-2-5-9-18)20(25)23-16-21(10-14-26-15-11-21)24-12-6-3-7-13-24;;/h2,4-5,8-9,17,19H,3,6-7,10-16,22H2,1H3,(H,23,25);2*1H. The second-order valence-electron chi connectivity index (χ2n) is 7.83. The molecule has 0 bridgehead atoms. The number of amides is 1. The van der Waals surface area contributed by atoms with Gasteiger partial charge in [-0.15, -0.1) is 24.8 Å². The first kappa shape index (κ1) is 25.2. The van der Waals surface area contributed by atoms with Gasteiger partial charge in [-0.25, -0.2) is 0 Å². The van der Waals surface area contributed by atoms with Gasteiger partial charge in [0, 0.05) is 31.3 Å². The second kappa shape index (κ2) is 12.0. The summed E-state index contributed by atoms with van der Waals surface area (Å²) in [5.74, 6) is -0.208. The van der Waals surface area contributed by atoms with Crippen molar-refractivity contribution >= 4 is 30.7 Å². The maximum Gasteiger partial charge on any atom is 0.224 e. The number of halogens is 2. The Labute approximate surface area is 181 Å². The molecule has 2 unspecified atom stereocenters. The molecule has 5 nitrogen and oxygen atoms in total. The van der Waals surface area contributed by atoms with Crippen molar-refractivity contribution in [3.8, 4) is 0 Å². The topological polar surface area (TPSA) is 67.6 Å². The van der Waals surface area contributed by atoms with Crippen LogP contribution in [-0.4, -0.2) is 49.2 Å². The minimum atomic E-state index is -0.281. The first-order valence-electron chi connectivity index (χ1n) is 10.0. The van der Waals surface area contributed by atoms with Crippen molar-refractivity contribution in [3.05, 3.63) is 35.9 Å². The zero-order valence-corrected chi connectivity index (χ0v) is 18.4. The van der Waals surface area contributed by atoms with E-state index in [-0.39, 0.29) is 48.2 Å². The van der Waals surface area contributed by atoms with E-state index in [1.807, 2.05) is 37.3 Å². The minimum absolute atomic E-state index is 0. The summed E-state index contributed by atoms with van der Waals surface area (Å²) in [5, 5.41) is 3.22. The molecule has 3 rings (SSSR count). The minimum Gasteiger partial charge on any atom is -0.381 e. The van der Waals surface area contributed by atoms with E-state index in [0.29, 0.717) is 6.54 Å². The molecule has 2 heterocycles. The van der Waals surface area contributed by atoms with Crippen LogP contribution in [0.4, 0.5) is 0 Å². The van der Waals surface area contributed by atoms with E-state index in [9.17, 15) is 4.79 Å². The fourth-order valence-corrected chi connectivity index (χ4v) is 4.26. The van der Waals surface area contributed by atoms with E-state index >= 15 is 0 Å². The number of likely N-dealkylation sites (tertiary alicyclic amines) is 1. The van der Waals surface area contributed by atoms with Gasteiger partial charge in [0.2, 0.25) is 5.91 Å². The smallest absolute Gasteiger partial charge is 0.224 e. The Kier molecular flexibility index (Phi) is 10.8. The highest BCUT2D eigenvalue weighted by Crippen LogP contribution is 2.30. The lowest BCUT2D eigenvalue weighted by Gasteiger charge is -2.48. The third-order valence-electron chi connectivity index (χ3n) is 6.18. The number of nitrogens with one attached hydrogen (secondary N) is 1. The fourth-order valence-electron chi connectivity index (χ4n) is 4.26. The Morgan fingerprint density at radius 1 is 1.14 bits per heavy atom. The summed E-state index contributed by atoms with van der Waals surface area (Å²) >= 11 is 0. The molecule has 2 aliphatic rings. The first-order valence-corrected chi connectivity index (χ1v) is 10.0. The molecule has 3 N–H and O–H groups in total. The molecule has 0 aliphatic carbocycles. The molecule has 0 radical (unpaired) electrons. The summed E-state index contributed by atoms with van der Waals surface area (Å²) in [7, 11) is 0. The number of piperidine rings is 1. The second-order valence-corrected chi connectivity index (χ2v) is 7.83. The molecule has 160 valence electrons. The number of carbonyl (C=O) groups is 1. The lowest BCUT2D eigenvalue weighted by atomic mass is 9.85. The number of hydrogen-bond acceptors (Lipinski definition) is 4. The Balaban J connectivity index is 0.00000196. The van der Waals surface area contributed by atoms with Crippen molar-refractivity contribution in [1.82, 2.24) is 10.2 Å². The summed E-state index contributed by atoms with van der Waals surface area (Å²) < 4.78 is 5.61. The molecule has 1 aromatic rings. The Bertz CT molecular complexity index is 576. The number of carbonyl (C=O) groups excluding carboxylic acids is 1. The van der Waals surface area contributed by atoms with Crippen molar-refractivity contribution in [2.45, 2.75) is 50.6 Å². The van der Waals surface area contributed by atoms with Crippen molar-refractivity contribution in [2.24, 2.45) is 11.7 Å². The van der Waals surface area contributed by atoms with Gasteiger partial charge in [0.1, 0.15) is 0 Å². The summed E-state index contributed by atoms with van der Waals surface area (Å²) in [4.78, 5) is 15.4. The average molecular weight is 432 g/mol. The van der Waals surface area contributed by atoms with Crippen molar-refractivity contribution in [3.63, 3.8) is 0 Å². The number of ether oxygens (including phenoxy) is 1. The molecule has 28 heavy (non-hydrogen) atoms. The normalized spacial score (nSPS) is 21.5. The van der Waals surface area contributed by atoms with Gasteiger partial charge in [0.15, 0.2) is 0 Å². The van der Waals surface area contributed by atoms with Gasteiger partial charge in [-0.1, -0.05) is 43.7 Å². The maximum atomic E-state index is 12.8. The van der Waals surface area contributed by atoms with E-state index in [4.69, 9.17) is 10.5 Å². The Morgan fingerprint density at radius 3 is 2.36 bits per heavy atom. The van der Waals surface area contributed by atoms with Crippen molar-refractivity contribution < 1.29 is 9.53 Å². The van der Waals surface area contributed by atoms with Crippen LogP contribution in [0.2, 0.25) is 0 Å². The highest BCUT2D eigenvalue weighted by atomic mass is 35.5. The van der Waals surface area contributed by atoms with Gasteiger partial charge in [-0.05, 0) is 44.3 Å². The fraction of sp³-hybridized carbons (Fsp3) is 0.667. The van der Waals surface area contributed by atoms with Crippen LogP contribution in [0.25, 0.3) is 0 Å². The van der Waals surface area contributed by atoms with Crippen LogP contribution >= 0.6 is 24.8 Å². The molecular formula is C21H35Cl2N3O2. The quantitative estimate of drug-likeness (QED) is 0.724. The molecule has 1 amide bonds. The van der Waals surface area contributed by atoms with Crippen LogP contribution in [0.5, 0.6) is 0 Å². The lowest BCUT2D eigenvalue weighted by molar-refractivity contribution is -0.126. The van der Waals surface area contributed by atoms with E-state index in [1.165, 1.54) is 19.3 Å². The molecule has 2 atom stereocenters. The predicted molar refractivity (Wildman–Crippen MR) is 118 cm³/mol. The molecule has 1 aromatic carbocycles. The first-order chi connectivity index (χ1) is 12.6. The number of nitrogens with zero attached hydrogens (tertiary/aromatic N) is 1. The van der Waals surface area contributed by atoms with Crippen LogP contribution in [0.15, 0.2) is 30.3 Å². The van der Waals surface area contributed by atoms with Crippen LogP contribution in [-0.2, 0) is 9.53 Å². The van der Waals surface area contributed by atoms with Gasteiger partial charge >= 0.3 is 0 Å². The van der Waals surface area contributed by atoms with Gasteiger partial charge in [0.05, 0.1) is 5.92 Å². The van der Waals surface area contributed by atoms with Crippen LogP contribution < -0.4 is 11.1 Å². The van der Waals surface area contributed by atoms with E-state index < -0.39 is 0 Å². The third-order valence-corrected chi connectivity index (χ3v) is 6.18. The largest absolute Gasteiger partial charge is 0.381 e. The van der Waals surface area contributed by atoms with Gasteiger partial charge in [-0.3, -0.25) is 9.69 Å². The third kappa shape index (κ3) is 6.07. The van der Waals surface area contributed by atoms with Crippen LogP contribution in [0.3, 0.4) is 0 Å². The molecule has 2 saturated heterocycles. The zero-order valence-electron chi connectivity index (χ0n) is 16.8. The zero-order chi connectivity index (χ0) is 18.4. The SMILES string of the molecule is CC(C(=O)NCC1(N2CCCCC2)CCOCC1)C(N)c1ccccc1.Cl.Cl. The number of nitrogens with two attached hydrogens (primary N) is 1. The Morgan fingerprint density at radius 2 is 1.75 bits per heavy atom. The predicted octanol–water partition coefficient (Wildman–Crippen LogP) is 3.32. The van der Waals surface area contributed by atoms with Crippen LogP contribution in [0.1, 0.15) is 50.6 Å². The number of benzene rings is 1. The van der Waals surface area contributed by atoms with E-state index in [1.54, 1.807) is 0 Å². The molecule has 7 heteroatoms. The van der Waals surface area contributed by atoms with Gasteiger partial charge in [0.25, 0.3) is 0 Å². The van der Waals surface area contributed by atoms with Crippen molar-refractivity contribution in [2.75, 3.05) is 32.8 Å². The molecule has 0 aromatic heterocycles. The summed E-state index contributed by atoms with van der Waals surface area (Å²) in [6.45, 7) is 6.45. The van der Waals surface area contributed by atoms with Crippen LogP contribution in [0, 0.1) is 5.92 Å². The average Bonchev–Trinajstić information content (AvgIpc) is 2.73. The summed E-state index contributed by atoms with van der Waals surface area (Å²) in [5.41, 5.74) is 7.39. The number of hydrogen-bond donors (Lipinski definition) is 2. The van der Waals surface area contributed by atoms with Crippen molar-refractivity contribution in [1.29, 1.82) is 0 Å². The highest BCUT2D eigenvalue weighted by molar-refractivity contribution is 5.85. The summed E-state index contributed by atoms with van der Waals surface area (Å²) in [6, 6.07) is 9.59. The molecule has 0 saturated carbocycles. The maximum absolute atomic E-state index is 12.8.